The van der Waals surface area contributed by atoms with Gasteiger partial charge in [-0.3, -0.25) is 4.90 Å². The standard InChI is InChI=1S/C22H26ClN5O2S.C3H7N.3ClH/c1-14-13-27(2)9-10-28(14)8-4-7-24-22-25-12-17(23)20(26-22)19-11-16-15(21(29)30)5-3-6-18(16)31-19;4-3-1-2-3;;;/h3,5-6,11-12,14H,4,7-10,13H2,1-2H3,(H,29,30)(H,24,25,26);3H,1-2,4H2;3*1H/t14-;;;;/m1..../s1. The minimum absolute atomic E-state index is 0. The Kier molecular flexibility index (Phi) is 14.6. The fraction of sp³-hybridized carbons (Fsp3) is 0.480. The molecule has 1 saturated heterocycles. The lowest BCUT2D eigenvalue weighted by atomic mass is 10.1. The van der Waals surface area contributed by atoms with Crippen molar-refractivity contribution in [1.29, 1.82) is 0 Å². The predicted molar refractivity (Wildman–Crippen MR) is 165 cm³/mol. The maximum absolute atomic E-state index is 11.5. The average Bonchev–Trinajstić information content (AvgIpc) is 3.48. The number of carbonyl (C=O) groups is 1. The highest BCUT2D eigenvalue weighted by atomic mass is 35.5. The smallest absolute Gasteiger partial charge is 0.336 e. The average molecular weight is 626 g/mol. The number of fused-ring (bicyclic) bond motifs is 1. The van der Waals surface area contributed by atoms with Crippen LogP contribution >= 0.6 is 60.2 Å². The van der Waals surface area contributed by atoms with Crippen molar-refractivity contribution < 1.29 is 9.90 Å². The summed E-state index contributed by atoms with van der Waals surface area (Å²) >= 11 is 7.85. The number of aromatic carboxylic acids is 1. The van der Waals surface area contributed by atoms with Gasteiger partial charge in [-0.15, -0.1) is 48.6 Å². The SMILES string of the molecule is C[C@@H]1CN(C)CCN1CCCNc1ncc(Cl)c(-c2cc3c(C(=O)O)cccc3s2)n1.Cl.Cl.Cl.NC1CC1. The Bertz CT molecular complexity index is 1180. The number of carboxylic acids is 1. The second-order valence-corrected chi connectivity index (χ2v) is 10.8. The van der Waals surface area contributed by atoms with Crippen LogP contribution in [-0.2, 0) is 0 Å². The number of benzene rings is 1. The van der Waals surface area contributed by atoms with Crippen LogP contribution in [0.15, 0.2) is 30.5 Å². The van der Waals surface area contributed by atoms with Crippen molar-refractivity contribution in [2.45, 2.75) is 38.3 Å². The van der Waals surface area contributed by atoms with E-state index >= 15 is 0 Å². The molecule has 3 aromatic rings. The number of nitrogens with two attached hydrogens (primary N) is 1. The number of thiophene rings is 1. The molecule has 4 N–H and O–H groups in total. The van der Waals surface area contributed by atoms with Gasteiger partial charge in [0, 0.05) is 54.9 Å². The number of anilines is 1. The Morgan fingerprint density at radius 2 is 1.97 bits per heavy atom. The Morgan fingerprint density at radius 3 is 2.61 bits per heavy atom. The molecule has 2 aliphatic rings. The summed E-state index contributed by atoms with van der Waals surface area (Å²) in [6.45, 7) is 7.41. The van der Waals surface area contributed by atoms with Crippen molar-refractivity contribution in [2.24, 2.45) is 5.73 Å². The van der Waals surface area contributed by atoms with E-state index < -0.39 is 5.97 Å². The normalized spacial score (nSPS) is 17.3. The molecule has 0 bridgehead atoms. The third kappa shape index (κ3) is 9.34. The van der Waals surface area contributed by atoms with Gasteiger partial charge in [0.2, 0.25) is 5.95 Å². The molecule has 8 nitrogen and oxygen atoms in total. The molecule has 0 amide bonds. The van der Waals surface area contributed by atoms with Gasteiger partial charge < -0.3 is 21.1 Å². The van der Waals surface area contributed by atoms with Crippen LogP contribution in [0.2, 0.25) is 5.02 Å². The Balaban J connectivity index is 0.000000945. The second-order valence-electron chi connectivity index (χ2n) is 9.29. The van der Waals surface area contributed by atoms with Crippen LogP contribution in [0.3, 0.4) is 0 Å². The number of nitrogens with zero attached hydrogens (tertiary/aromatic N) is 4. The molecule has 0 radical (unpaired) electrons. The molecule has 5 rings (SSSR count). The van der Waals surface area contributed by atoms with Crippen molar-refractivity contribution in [1.82, 2.24) is 19.8 Å². The summed E-state index contributed by atoms with van der Waals surface area (Å²) in [5, 5.41) is 13.9. The van der Waals surface area contributed by atoms with Crippen molar-refractivity contribution in [3.05, 3.63) is 41.0 Å². The number of hydrogen-bond donors (Lipinski definition) is 3. The molecule has 2 fully saturated rings. The van der Waals surface area contributed by atoms with Gasteiger partial charge in [0.1, 0.15) is 5.69 Å². The molecule has 3 heterocycles. The zero-order valence-electron chi connectivity index (χ0n) is 21.4. The topological polar surface area (TPSA) is 108 Å². The Hall–Kier alpha value is -1.43. The summed E-state index contributed by atoms with van der Waals surface area (Å²) in [5.74, 6) is -0.414. The molecule has 1 aliphatic carbocycles. The van der Waals surface area contributed by atoms with E-state index in [2.05, 4.69) is 39.1 Å². The Labute approximate surface area is 251 Å². The molecular weight excluding hydrogens is 590 g/mol. The summed E-state index contributed by atoms with van der Waals surface area (Å²) in [7, 11) is 2.17. The first kappa shape index (κ1) is 34.6. The predicted octanol–water partition coefficient (Wildman–Crippen LogP) is 5.52. The third-order valence-corrected chi connectivity index (χ3v) is 7.65. The highest BCUT2D eigenvalue weighted by molar-refractivity contribution is 7.22. The number of halogens is 4. The lowest BCUT2D eigenvalue weighted by Crippen LogP contribution is -2.50. The summed E-state index contributed by atoms with van der Waals surface area (Å²) in [4.78, 5) is 26.2. The van der Waals surface area contributed by atoms with Gasteiger partial charge in [-0.25, -0.2) is 14.8 Å². The molecule has 0 spiro atoms. The van der Waals surface area contributed by atoms with E-state index in [4.69, 9.17) is 17.3 Å². The molecule has 38 heavy (non-hydrogen) atoms. The number of rotatable bonds is 7. The second kappa shape index (κ2) is 16.0. The largest absolute Gasteiger partial charge is 0.478 e. The van der Waals surface area contributed by atoms with E-state index in [-0.39, 0.29) is 42.8 Å². The maximum atomic E-state index is 11.5. The first-order chi connectivity index (χ1) is 16.8. The quantitative estimate of drug-likeness (QED) is 0.295. The van der Waals surface area contributed by atoms with E-state index in [0.717, 1.165) is 48.7 Å². The zero-order chi connectivity index (χ0) is 24.9. The van der Waals surface area contributed by atoms with Crippen LogP contribution in [-0.4, -0.2) is 82.7 Å². The fourth-order valence-corrected chi connectivity index (χ4v) is 5.42. The monoisotopic (exact) mass is 624 g/mol. The van der Waals surface area contributed by atoms with Crippen LogP contribution in [0.25, 0.3) is 20.7 Å². The highest BCUT2D eigenvalue weighted by Crippen LogP contribution is 2.37. The van der Waals surface area contributed by atoms with Gasteiger partial charge in [-0.1, -0.05) is 17.7 Å². The molecule has 212 valence electrons. The van der Waals surface area contributed by atoms with Crippen LogP contribution in [0.4, 0.5) is 5.95 Å². The van der Waals surface area contributed by atoms with Gasteiger partial charge in [-0.05, 0) is 51.4 Å². The number of aromatic nitrogens is 2. The molecule has 0 unspecified atom stereocenters. The van der Waals surface area contributed by atoms with Crippen LogP contribution in [0, 0.1) is 0 Å². The van der Waals surface area contributed by atoms with Gasteiger partial charge in [-0.2, -0.15) is 0 Å². The van der Waals surface area contributed by atoms with Crippen molar-refractivity contribution in [3.63, 3.8) is 0 Å². The van der Waals surface area contributed by atoms with Gasteiger partial charge in [0.25, 0.3) is 0 Å². The first-order valence-corrected chi connectivity index (χ1v) is 13.2. The van der Waals surface area contributed by atoms with Gasteiger partial charge in [0.05, 0.1) is 21.7 Å². The summed E-state index contributed by atoms with van der Waals surface area (Å²) in [5.41, 5.74) is 6.12. The van der Waals surface area contributed by atoms with Crippen LogP contribution in [0.5, 0.6) is 0 Å². The first-order valence-electron chi connectivity index (χ1n) is 12.0. The molecule has 1 aliphatic heterocycles. The van der Waals surface area contributed by atoms with Gasteiger partial charge in [0.15, 0.2) is 0 Å². The van der Waals surface area contributed by atoms with Crippen LogP contribution in [0.1, 0.15) is 36.5 Å². The summed E-state index contributed by atoms with van der Waals surface area (Å²) in [6, 6.07) is 8.26. The minimum atomic E-state index is -0.944. The number of nitrogens with one attached hydrogen (secondary N) is 1. The van der Waals surface area contributed by atoms with E-state index in [1.807, 2.05) is 12.1 Å². The number of likely N-dealkylation sites (N-methyl/N-ethyl adjacent to an activating group) is 1. The number of hydrogen-bond acceptors (Lipinski definition) is 8. The highest BCUT2D eigenvalue weighted by Gasteiger charge is 2.20. The molecule has 1 saturated carbocycles. The van der Waals surface area contributed by atoms with E-state index in [9.17, 15) is 9.90 Å². The molecule has 1 atom stereocenters. The molecule has 1 aromatic carbocycles. The molecular formula is C25H36Cl4N6O2S. The van der Waals surface area contributed by atoms with E-state index in [1.54, 1.807) is 18.3 Å². The number of carboxylic acid groups (broad SMARTS) is 1. The van der Waals surface area contributed by atoms with Gasteiger partial charge >= 0.3 is 5.97 Å². The minimum Gasteiger partial charge on any atom is -0.478 e. The van der Waals surface area contributed by atoms with Crippen molar-refractivity contribution >= 4 is 82.2 Å². The fourth-order valence-electron chi connectivity index (χ4n) is 4.08. The van der Waals surface area contributed by atoms with E-state index in [0.29, 0.717) is 34.1 Å². The Morgan fingerprint density at radius 1 is 1.26 bits per heavy atom. The summed E-state index contributed by atoms with van der Waals surface area (Å²) in [6.07, 6.45) is 5.12. The molecule has 13 heteroatoms. The zero-order valence-corrected chi connectivity index (χ0v) is 25.5. The van der Waals surface area contributed by atoms with Crippen LogP contribution < -0.4 is 11.1 Å². The lowest BCUT2D eigenvalue weighted by molar-refractivity contribution is 0.0699. The number of piperazine rings is 1. The molecule has 2 aromatic heterocycles. The van der Waals surface area contributed by atoms with Crippen molar-refractivity contribution in [3.8, 4) is 10.6 Å². The maximum Gasteiger partial charge on any atom is 0.336 e. The third-order valence-electron chi connectivity index (χ3n) is 6.26. The van der Waals surface area contributed by atoms with Crippen molar-refractivity contribution in [2.75, 3.05) is 45.1 Å². The lowest BCUT2D eigenvalue weighted by Gasteiger charge is -2.38. The van der Waals surface area contributed by atoms with E-state index in [1.165, 1.54) is 24.2 Å². The summed E-state index contributed by atoms with van der Waals surface area (Å²) < 4.78 is 0.889.